The predicted molar refractivity (Wildman–Crippen MR) is 141 cm³/mol. The van der Waals surface area contributed by atoms with Crippen LogP contribution < -0.4 is 10.4 Å². The van der Waals surface area contributed by atoms with Crippen LogP contribution in [-0.4, -0.2) is 32.9 Å². The van der Waals surface area contributed by atoms with Gasteiger partial charge in [0.2, 0.25) is 0 Å². The molecule has 1 aliphatic heterocycles. The highest BCUT2D eigenvalue weighted by Gasteiger charge is 2.51. The molecule has 0 amide bonds. The van der Waals surface area contributed by atoms with Crippen molar-refractivity contribution in [1.29, 1.82) is 0 Å². The molecule has 1 aliphatic rings. The van der Waals surface area contributed by atoms with E-state index in [-0.39, 0.29) is 23.2 Å². The maximum atomic E-state index is 7.21. The Hall–Kier alpha value is -1.46. The molecule has 0 radical (unpaired) electrons. The van der Waals surface area contributed by atoms with E-state index in [0.29, 0.717) is 12.5 Å². The van der Waals surface area contributed by atoms with Crippen LogP contribution in [0.3, 0.4) is 0 Å². The van der Waals surface area contributed by atoms with Gasteiger partial charge in [-0.1, -0.05) is 109 Å². The van der Waals surface area contributed by atoms with Crippen molar-refractivity contribution in [2.45, 2.75) is 91.3 Å². The summed E-state index contributed by atoms with van der Waals surface area (Å²) in [6.07, 6.45) is 2.50. The first-order chi connectivity index (χ1) is 15.5. The van der Waals surface area contributed by atoms with E-state index in [2.05, 4.69) is 102 Å². The van der Waals surface area contributed by atoms with Crippen molar-refractivity contribution in [2.24, 2.45) is 11.8 Å². The maximum Gasteiger partial charge on any atom is 0.261 e. The summed E-state index contributed by atoms with van der Waals surface area (Å²) in [7, 11) is -2.55. The van der Waals surface area contributed by atoms with Crippen LogP contribution in [-0.2, 0) is 13.9 Å². The molecule has 4 heteroatoms. The van der Waals surface area contributed by atoms with Crippen LogP contribution in [0.4, 0.5) is 0 Å². The van der Waals surface area contributed by atoms with Gasteiger partial charge in [-0.15, -0.1) is 0 Å². The molecule has 0 N–H and O–H groups in total. The SMILES string of the molecule is CCC[C@H]1OC(C)(C)O[C@H]([C@H](C)CO[Si](c2ccccc2)(c2ccccc2)C(C)(C)C)[C@H]1C. The van der Waals surface area contributed by atoms with E-state index in [9.17, 15) is 0 Å². The minimum Gasteiger partial charge on any atom is -0.407 e. The van der Waals surface area contributed by atoms with Gasteiger partial charge < -0.3 is 13.9 Å². The van der Waals surface area contributed by atoms with Gasteiger partial charge in [-0.2, -0.15) is 0 Å². The Morgan fingerprint density at radius 2 is 1.45 bits per heavy atom. The zero-order valence-corrected chi connectivity index (χ0v) is 22.9. The highest BCUT2D eigenvalue weighted by molar-refractivity contribution is 6.99. The lowest BCUT2D eigenvalue weighted by Crippen LogP contribution is -2.67. The molecule has 0 aliphatic carbocycles. The number of ether oxygens (including phenoxy) is 2. The van der Waals surface area contributed by atoms with Crippen LogP contribution in [0.2, 0.25) is 5.04 Å². The molecule has 0 bridgehead atoms. The molecule has 2 aromatic carbocycles. The van der Waals surface area contributed by atoms with Crippen molar-refractivity contribution < 1.29 is 13.9 Å². The first-order valence-electron chi connectivity index (χ1n) is 12.6. The molecular weight excluding hydrogens is 424 g/mol. The van der Waals surface area contributed by atoms with E-state index in [1.54, 1.807) is 0 Å². The van der Waals surface area contributed by atoms with Crippen molar-refractivity contribution >= 4 is 18.7 Å². The topological polar surface area (TPSA) is 27.7 Å². The van der Waals surface area contributed by atoms with Crippen molar-refractivity contribution in [1.82, 2.24) is 0 Å². The molecule has 1 fully saturated rings. The molecule has 1 saturated heterocycles. The maximum absolute atomic E-state index is 7.21. The third-order valence-electron chi connectivity index (χ3n) is 7.07. The number of hydrogen-bond acceptors (Lipinski definition) is 3. The molecule has 4 atom stereocenters. The first-order valence-corrected chi connectivity index (χ1v) is 14.5. The minimum absolute atomic E-state index is 0.0262. The summed E-state index contributed by atoms with van der Waals surface area (Å²) in [6.45, 7) is 18.5. The fraction of sp³-hybridized carbons (Fsp3) is 0.586. The molecule has 0 unspecified atom stereocenters. The lowest BCUT2D eigenvalue weighted by molar-refractivity contribution is -0.328. The second-order valence-corrected chi connectivity index (χ2v) is 15.5. The second-order valence-electron chi connectivity index (χ2n) is 11.2. The van der Waals surface area contributed by atoms with Crippen LogP contribution in [0.5, 0.6) is 0 Å². The highest BCUT2D eigenvalue weighted by atomic mass is 28.4. The molecule has 3 nitrogen and oxygen atoms in total. The summed E-state index contributed by atoms with van der Waals surface area (Å²) in [4.78, 5) is 0. The van der Waals surface area contributed by atoms with Crippen LogP contribution in [0.15, 0.2) is 60.7 Å². The molecule has 0 spiro atoms. The van der Waals surface area contributed by atoms with Gasteiger partial charge in [-0.05, 0) is 35.7 Å². The highest BCUT2D eigenvalue weighted by Crippen LogP contribution is 2.39. The quantitative estimate of drug-likeness (QED) is 0.435. The second kappa shape index (κ2) is 10.4. The minimum atomic E-state index is -2.55. The third-order valence-corrected chi connectivity index (χ3v) is 12.1. The lowest BCUT2D eigenvalue weighted by Gasteiger charge is -2.48. The zero-order chi connectivity index (χ0) is 24.3. The Labute approximate surface area is 203 Å². The Bertz CT molecular complexity index is 820. The fourth-order valence-electron chi connectivity index (χ4n) is 5.50. The van der Waals surface area contributed by atoms with E-state index in [4.69, 9.17) is 13.9 Å². The Kier molecular flexibility index (Phi) is 8.27. The van der Waals surface area contributed by atoms with Crippen LogP contribution >= 0.6 is 0 Å². The normalized spacial score (nSPS) is 24.4. The van der Waals surface area contributed by atoms with Gasteiger partial charge in [0.25, 0.3) is 8.32 Å². The Balaban J connectivity index is 1.94. The van der Waals surface area contributed by atoms with Gasteiger partial charge in [0, 0.05) is 18.4 Å². The van der Waals surface area contributed by atoms with Gasteiger partial charge in [0.15, 0.2) is 5.79 Å². The van der Waals surface area contributed by atoms with Crippen molar-refractivity contribution in [2.75, 3.05) is 6.61 Å². The Morgan fingerprint density at radius 3 is 1.91 bits per heavy atom. The van der Waals surface area contributed by atoms with Crippen molar-refractivity contribution in [3.05, 3.63) is 60.7 Å². The van der Waals surface area contributed by atoms with Gasteiger partial charge in [-0.25, -0.2) is 0 Å². The summed E-state index contributed by atoms with van der Waals surface area (Å²) in [5, 5.41) is 2.61. The third kappa shape index (κ3) is 5.62. The molecule has 3 rings (SSSR count). The van der Waals surface area contributed by atoms with E-state index in [1.807, 2.05) is 13.8 Å². The van der Waals surface area contributed by atoms with E-state index < -0.39 is 14.1 Å². The fourth-order valence-corrected chi connectivity index (χ4v) is 10.2. The Morgan fingerprint density at radius 1 is 0.939 bits per heavy atom. The number of benzene rings is 2. The molecule has 33 heavy (non-hydrogen) atoms. The predicted octanol–water partition coefficient (Wildman–Crippen LogP) is 6.16. The smallest absolute Gasteiger partial charge is 0.261 e. The van der Waals surface area contributed by atoms with Crippen molar-refractivity contribution in [3.63, 3.8) is 0 Å². The van der Waals surface area contributed by atoms with Gasteiger partial charge in [-0.3, -0.25) is 0 Å². The van der Waals surface area contributed by atoms with E-state index in [1.165, 1.54) is 10.4 Å². The van der Waals surface area contributed by atoms with E-state index in [0.717, 1.165) is 12.8 Å². The molecule has 0 aromatic heterocycles. The van der Waals surface area contributed by atoms with Crippen molar-refractivity contribution in [3.8, 4) is 0 Å². The first kappa shape index (κ1) is 26.1. The number of rotatable bonds is 8. The number of hydrogen-bond donors (Lipinski definition) is 0. The van der Waals surface area contributed by atoms with Gasteiger partial charge >= 0.3 is 0 Å². The van der Waals surface area contributed by atoms with Gasteiger partial charge in [0.1, 0.15) is 0 Å². The summed E-state index contributed by atoms with van der Waals surface area (Å²) in [5.74, 6) is 0.0165. The summed E-state index contributed by atoms with van der Waals surface area (Å²) in [5.41, 5.74) is 0. The van der Waals surface area contributed by atoms with Gasteiger partial charge in [0.05, 0.1) is 12.2 Å². The van der Waals surface area contributed by atoms with Crippen LogP contribution in [0.25, 0.3) is 0 Å². The summed E-state index contributed by atoms with van der Waals surface area (Å²) in [6, 6.07) is 21.7. The van der Waals surface area contributed by atoms with Crippen LogP contribution in [0, 0.1) is 11.8 Å². The molecule has 2 aromatic rings. The van der Waals surface area contributed by atoms with Crippen LogP contribution in [0.1, 0.15) is 68.2 Å². The molecular formula is C29H44O3Si. The lowest BCUT2D eigenvalue weighted by atomic mass is 9.86. The molecule has 1 heterocycles. The summed E-state index contributed by atoms with van der Waals surface area (Å²) < 4.78 is 20.0. The molecule has 0 saturated carbocycles. The van der Waals surface area contributed by atoms with E-state index >= 15 is 0 Å². The molecule has 182 valence electrons. The summed E-state index contributed by atoms with van der Waals surface area (Å²) >= 11 is 0. The largest absolute Gasteiger partial charge is 0.407 e. The monoisotopic (exact) mass is 468 g/mol. The standard InChI is InChI=1S/C29H44O3Si/c1-9-16-26-23(3)27(32-29(7,8)31-26)22(2)21-30-33(28(4,5)6,24-17-12-10-13-18-24)25-19-14-11-15-20-25/h10-15,17-20,22-23,26-27H,9,16,21H2,1-8H3/t22-,23+,26-,27-/m1/s1. The average Bonchev–Trinajstić information content (AvgIpc) is 2.77. The zero-order valence-electron chi connectivity index (χ0n) is 21.9. The average molecular weight is 469 g/mol.